The Bertz CT molecular complexity index is 1790. The van der Waals surface area contributed by atoms with E-state index in [9.17, 15) is 26.9 Å². The number of nitrogens with zero attached hydrogens (tertiary/aromatic N) is 3. The van der Waals surface area contributed by atoms with Crippen molar-refractivity contribution in [3.05, 3.63) is 119 Å². The molecule has 42 heavy (non-hydrogen) atoms. The Morgan fingerprint density at radius 2 is 1.60 bits per heavy atom. The highest BCUT2D eigenvalue weighted by Crippen LogP contribution is 2.46. The first-order valence-corrected chi connectivity index (χ1v) is 14.3. The quantitative estimate of drug-likeness (QED) is 0.186. The van der Waals surface area contributed by atoms with Crippen LogP contribution < -0.4 is 15.0 Å². The first-order chi connectivity index (χ1) is 20.0. The molecular formula is C30H22ClF3N4O3S. The second-order valence-electron chi connectivity index (χ2n) is 9.44. The minimum absolute atomic E-state index is 0.119. The van der Waals surface area contributed by atoms with Crippen molar-refractivity contribution < 1.29 is 26.3 Å². The van der Waals surface area contributed by atoms with Gasteiger partial charge in [-0.2, -0.15) is 18.4 Å². The van der Waals surface area contributed by atoms with Gasteiger partial charge in [-0.15, -0.1) is 0 Å². The van der Waals surface area contributed by atoms with Crippen LogP contribution in [0.25, 0.3) is 0 Å². The van der Waals surface area contributed by atoms with Gasteiger partial charge in [0.2, 0.25) is 15.8 Å². The van der Waals surface area contributed by atoms with E-state index in [-0.39, 0.29) is 22.1 Å². The number of nitrogens with one attached hydrogen (secondary N) is 1. The molecule has 0 aromatic heterocycles. The van der Waals surface area contributed by atoms with E-state index in [0.29, 0.717) is 16.5 Å². The molecule has 0 radical (unpaired) electrons. The molecular weight excluding hydrogens is 589 g/mol. The monoisotopic (exact) mass is 610 g/mol. The summed E-state index contributed by atoms with van der Waals surface area (Å²) in [7, 11) is -4.49. The first kappa shape index (κ1) is 29.0. The number of alkyl halides is 3. The van der Waals surface area contributed by atoms with Gasteiger partial charge in [-0.1, -0.05) is 41.4 Å². The van der Waals surface area contributed by atoms with E-state index in [4.69, 9.17) is 16.3 Å². The number of guanidine groups is 1. The van der Waals surface area contributed by atoms with E-state index in [1.54, 1.807) is 61.6 Å². The summed E-state index contributed by atoms with van der Waals surface area (Å²) >= 11 is 5.94. The molecule has 0 amide bonds. The van der Waals surface area contributed by atoms with Crippen LogP contribution >= 0.6 is 11.6 Å². The predicted octanol–water partition coefficient (Wildman–Crippen LogP) is 7.03. The Labute approximate surface area is 245 Å². The summed E-state index contributed by atoms with van der Waals surface area (Å²) in [6.07, 6.45) is -2.98. The minimum Gasteiger partial charge on any atom is -0.457 e. The average molecular weight is 611 g/mol. The van der Waals surface area contributed by atoms with E-state index in [2.05, 4.69) is 10.3 Å². The van der Waals surface area contributed by atoms with Crippen LogP contribution in [0, 0.1) is 18.4 Å². The van der Waals surface area contributed by atoms with Gasteiger partial charge in [-0.25, -0.2) is 13.4 Å². The highest BCUT2D eigenvalue weighted by molar-refractivity contribution is 7.92. The molecule has 5 rings (SSSR count). The molecule has 7 nitrogen and oxygen atoms in total. The number of hydrogen-bond donors (Lipinski definition) is 1. The van der Waals surface area contributed by atoms with E-state index in [1.807, 2.05) is 0 Å². The standard InChI is InChI=1S/C30H22ClF3N4O3S/c1-20-5-15-27(16-6-20)42(39,40)29(21-3-2-4-22(17-21)30(32,33)34)18-36-28(37-19-35)38(29)24-9-13-26(14-10-24)41-25-11-7-23(31)8-12-25/h2-17H,18H2,1H3,(H,36,37)/t29-/m1/s1. The number of benzene rings is 4. The van der Waals surface area contributed by atoms with Crippen molar-refractivity contribution in [3.63, 3.8) is 0 Å². The van der Waals surface area contributed by atoms with Crippen LogP contribution in [0.3, 0.4) is 0 Å². The van der Waals surface area contributed by atoms with Crippen LogP contribution in [0.4, 0.5) is 18.9 Å². The lowest BCUT2D eigenvalue weighted by Gasteiger charge is -2.39. The Hall–Kier alpha value is -4.53. The van der Waals surface area contributed by atoms with Gasteiger partial charge in [0, 0.05) is 10.7 Å². The third-order valence-corrected chi connectivity index (χ3v) is 9.33. The zero-order chi connectivity index (χ0) is 30.1. The van der Waals surface area contributed by atoms with Crippen molar-refractivity contribution >= 4 is 33.1 Å². The molecule has 0 saturated carbocycles. The van der Waals surface area contributed by atoms with Crippen molar-refractivity contribution in [2.75, 3.05) is 11.4 Å². The van der Waals surface area contributed by atoms with Gasteiger partial charge in [0.05, 0.1) is 17.0 Å². The predicted molar refractivity (Wildman–Crippen MR) is 153 cm³/mol. The number of hydrogen-bond acceptors (Lipinski definition) is 7. The molecule has 0 fully saturated rings. The lowest BCUT2D eigenvalue weighted by molar-refractivity contribution is -0.137. The molecule has 4 aromatic carbocycles. The molecule has 0 bridgehead atoms. The number of sulfone groups is 1. The molecule has 1 aliphatic rings. The summed E-state index contributed by atoms with van der Waals surface area (Å²) in [6, 6.07) is 23.0. The summed E-state index contributed by atoms with van der Waals surface area (Å²) in [5, 5.41) is 12.4. The van der Waals surface area contributed by atoms with E-state index in [0.717, 1.165) is 23.8 Å². The maximum atomic E-state index is 14.6. The molecule has 0 spiro atoms. The molecule has 1 heterocycles. The summed E-state index contributed by atoms with van der Waals surface area (Å²) in [4.78, 5) is 3.26. The fourth-order valence-electron chi connectivity index (χ4n) is 4.70. The van der Waals surface area contributed by atoms with Crippen molar-refractivity contribution in [2.24, 2.45) is 4.99 Å². The zero-order valence-electron chi connectivity index (χ0n) is 21.9. The van der Waals surface area contributed by atoms with Gasteiger partial charge in [-0.3, -0.25) is 10.2 Å². The van der Waals surface area contributed by atoms with Gasteiger partial charge in [0.1, 0.15) is 11.5 Å². The summed E-state index contributed by atoms with van der Waals surface area (Å²) < 4.78 is 76.5. The number of anilines is 1. The molecule has 0 saturated heterocycles. The van der Waals surface area contributed by atoms with E-state index >= 15 is 0 Å². The van der Waals surface area contributed by atoms with Crippen LogP contribution in [-0.4, -0.2) is 20.9 Å². The number of rotatable bonds is 6. The zero-order valence-corrected chi connectivity index (χ0v) is 23.5. The third kappa shape index (κ3) is 5.26. The fraction of sp³-hybridized carbons (Fsp3) is 0.133. The number of ether oxygens (including phenoxy) is 1. The van der Waals surface area contributed by atoms with Gasteiger partial charge in [0.25, 0.3) is 0 Å². The van der Waals surface area contributed by atoms with Crippen molar-refractivity contribution in [1.29, 1.82) is 5.26 Å². The Morgan fingerprint density at radius 3 is 2.19 bits per heavy atom. The van der Waals surface area contributed by atoms with Crippen LogP contribution in [0.15, 0.2) is 107 Å². The molecule has 0 aliphatic carbocycles. The molecule has 12 heteroatoms. The molecule has 4 aromatic rings. The Balaban J connectivity index is 1.69. The lowest BCUT2D eigenvalue weighted by atomic mass is 10.0. The summed E-state index contributed by atoms with van der Waals surface area (Å²) in [6.45, 7) is 1.30. The van der Waals surface area contributed by atoms with Crippen molar-refractivity contribution in [3.8, 4) is 17.7 Å². The van der Waals surface area contributed by atoms with Crippen molar-refractivity contribution in [2.45, 2.75) is 22.9 Å². The topological polar surface area (TPSA) is 94.8 Å². The van der Waals surface area contributed by atoms with E-state index in [1.165, 1.54) is 35.2 Å². The fourth-order valence-corrected chi connectivity index (χ4v) is 6.82. The molecule has 214 valence electrons. The third-order valence-electron chi connectivity index (χ3n) is 6.74. The maximum absolute atomic E-state index is 14.6. The largest absolute Gasteiger partial charge is 0.457 e. The molecule has 0 unspecified atom stereocenters. The maximum Gasteiger partial charge on any atom is 0.416 e. The van der Waals surface area contributed by atoms with Gasteiger partial charge in [0.15, 0.2) is 11.1 Å². The summed E-state index contributed by atoms with van der Waals surface area (Å²) in [5.74, 6) is 0.761. The number of nitriles is 1. The van der Waals surface area contributed by atoms with Crippen LogP contribution in [0.2, 0.25) is 5.02 Å². The second-order valence-corrected chi connectivity index (χ2v) is 12.0. The molecule has 1 N–H and O–H groups in total. The van der Waals surface area contributed by atoms with Gasteiger partial charge < -0.3 is 4.74 Å². The van der Waals surface area contributed by atoms with Crippen molar-refractivity contribution in [1.82, 2.24) is 5.32 Å². The second kappa shape index (κ2) is 11.0. The number of aliphatic imine (C=N–C) groups is 1. The normalized spacial score (nSPS) is 17.0. The molecule has 1 aliphatic heterocycles. The van der Waals surface area contributed by atoms with Gasteiger partial charge in [-0.05, 0) is 85.3 Å². The Kier molecular flexibility index (Phi) is 7.62. The summed E-state index contributed by atoms with van der Waals surface area (Å²) in [5.41, 5.74) is -0.153. The first-order valence-electron chi connectivity index (χ1n) is 12.5. The average Bonchev–Trinajstić information content (AvgIpc) is 3.35. The van der Waals surface area contributed by atoms with E-state index < -0.39 is 33.0 Å². The van der Waals surface area contributed by atoms with Crippen LogP contribution in [-0.2, 0) is 20.9 Å². The highest BCUT2D eigenvalue weighted by Gasteiger charge is 2.56. The highest BCUT2D eigenvalue weighted by atomic mass is 35.5. The SMILES string of the molecule is Cc1ccc(S(=O)(=O)[C@@]2(c3cccc(C(F)(F)F)c3)CN=C(NC#N)N2c2ccc(Oc3ccc(Cl)cc3)cc2)cc1. The smallest absolute Gasteiger partial charge is 0.416 e. The van der Waals surface area contributed by atoms with Gasteiger partial charge >= 0.3 is 6.18 Å². The Morgan fingerprint density at radius 1 is 0.976 bits per heavy atom. The number of halogens is 4. The van der Waals surface area contributed by atoms with Crippen LogP contribution in [0.5, 0.6) is 11.5 Å². The number of aryl methyl sites for hydroxylation is 1. The molecule has 1 atom stereocenters. The minimum atomic E-state index is -4.73. The lowest BCUT2D eigenvalue weighted by Crippen LogP contribution is -2.55. The van der Waals surface area contributed by atoms with Crippen LogP contribution in [0.1, 0.15) is 16.7 Å².